The molecule has 4 rings (SSSR count). The molecule has 1 aromatic heterocycles. The van der Waals surface area contributed by atoms with Crippen LogP contribution in [0.25, 0.3) is 10.9 Å². The molecule has 0 spiro atoms. The molecule has 0 atom stereocenters. The molecule has 0 bridgehead atoms. The summed E-state index contributed by atoms with van der Waals surface area (Å²) in [5, 5.41) is 4.14. The fraction of sp³-hybridized carbons (Fsp3) is 0.263. The molecule has 3 aromatic rings. The average Bonchev–Trinajstić information content (AvgIpc) is 3.12. The van der Waals surface area contributed by atoms with Crippen LogP contribution < -0.4 is 15.0 Å². The second kappa shape index (κ2) is 6.66. The third-order valence-corrected chi connectivity index (χ3v) is 6.44. The minimum Gasteiger partial charge on any atom is -0.497 e. The van der Waals surface area contributed by atoms with Gasteiger partial charge in [0.1, 0.15) is 5.75 Å². The number of fused-ring (bicyclic) bond motifs is 1. The topological polar surface area (TPSA) is 63.6 Å². The van der Waals surface area contributed by atoms with E-state index < -0.39 is 10.0 Å². The van der Waals surface area contributed by atoms with E-state index >= 15 is 0 Å². The highest BCUT2D eigenvalue weighted by atomic mass is 32.2. The van der Waals surface area contributed by atoms with Gasteiger partial charge in [0, 0.05) is 43.4 Å². The van der Waals surface area contributed by atoms with Crippen molar-refractivity contribution in [3.63, 3.8) is 0 Å². The highest BCUT2D eigenvalue weighted by Gasteiger charge is 2.20. The van der Waals surface area contributed by atoms with Crippen molar-refractivity contribution in [2.75, 3.05) is 38.2 Å². The number of aromatic nitrogens is 1. The van der Waals surface area contributed by atoms with Gasteiger partial charge in [0.2, 0.25) is 0 Å². The van der Waals surface area contributed by atoms with E-state index in [9.17, 15) is 8.42 Å². The molecule has 26 heavy (non-hydrogen) atoms. The molecule has 0 unspecified atom stereocenters. The van der Waals surface area contributed by atoms with Crippen LogP contribution in [0.5, 0.6) is 5.75 Å². The van der Waals surface area contributed by atoms with Crippen LogP contribution in [0.15, 0.2) is 59.6 Å². The molecule has 1 aliphatic heterocycles. The molecule has 1 aliphatic rings. The Morgan fingerprint density at radius 2 is 1.73 bits per heavy atom. The van der Waals surface area contributed by atoms with E-state index in [0.29, 0.717) is 11.3 Å². The SMILES string of the molecule is COc1ccc2c(ccn2S(=O)(=O)c2ccc(N3CCNCC3)cc2)c1. The summed E-state index contributed by atoms with van der Waals surface area (Å²) in [7, 11) is -2.05. The summed E-state index contributed by atoms with van der Waals surface area (Å²) in [6.45, 7) is 3.74. The fourth-order valence-electron chi connectivity index (χ4n) is 3.30. The van der Waals surface area contributed by atoms with Crippen LogP contribution in [-0.2, 0) is 10.0 Å². The highest BCUT2D eigenvalue weighted by molar-refractivity contribution is 7.90. The van der Waals surface area contributed by atoms with Crippen LogP contribution in [0.3, 0.4) is 0 Å². The lowest BCUT2D eigenvalue weighted by Crippen LogP contribution is -2.43. The van der Waals surface area contributed by atoms with Gasteiger partial charge in [-0.25, -0.2) is 12.4 Å². The van der Waals surface area contributed by atoms with E-state index in [2.05, 4.69) is 10.2 Å². The highest BCUT2D eigenvalue weighted by Crippen LogP contribution is 2.26. The van der Waals surface area contributed by atoms with Gasteiger partial charge in [-0.3, -0.25) is 0 Å². The molecule has 1 N–H and O–H groups in total. The Morgan fingerprint density at radius 3 is 2.42 bits per heavy atom. The maximum absolute atomic E-state index is 13.1. The van der Waals surface area contributed by atoms with Crippen molar-refractivity contribution in [2.45, 2.75) is 4.90 Å². The predicted octanol–water partition coefficient (Wildman–Crippen LogP) is 2.30. The number of rotatable bonds is 4. The van der Waals surface area contributed by atoms with Crippen LogP contribution in [0.4, 0.5) is 5.69 Å². The van der Waals surface area contributed by atoms with Crippen LogP contribution in [0, 0.1) is 0 Å². The van der Waals surface area contributed by atoms with E-state index in [1.807, 2.05) is 18.2 Å². The Morgan fingerprint density at radius 1 is 1.00 bits per heavy atom. The summed E-state index contributed by atoms with van der Waals surface area (Å²) < 4.78 is 32.6. The van der Waals surface area contributed by atoms with Crippen molar-refractivity contribution >= 4 is 26.6 Å². The first-order valence-electron chi connectivity index (χ1n) is 8.56. The van der Waals surface area contributed by atoms with Crippen LogP contribution in [0.1, 0.15) is 0 Å². The Bertz CT molecular complexity index is 1020. The zero-order valence-electron chi connectivity index (χ0n) is 14.6. The average molecular weight is 371 g/mol. The number of anilines is 1. The molecule has 0 saturated carbocycles. The van der Waals surface area contributed by atoms with Crippen molar-refractivity contribution in [2.24, 2.45) is 0 Å². The lowest BCUT2D eigenvalue weighted by Gasteiger charge is -2.29. The summed E-state index contributed by atoms with van der Waals surface area (Å²) in [5.74, 6) is 0.702. The maximum Gasteiger partial charge on any atom is 0.268 e. The predicted molar refractivity (Wildman–Crippen MR) is 103 cm³/mol. The summed E-state index contributed by atoms with van der Waals surface area (Å²) in [5.41, 5.74) is 1.68. The molecule has 6 nitrogen and oxygen atoms in total. The third-order valence-electron chi connectivity index (χ3n) is 4.74. The van der Waals surface area contributed by atoms with Crippen molar-refractivity contribution in [1.29, 1.82) is 0 Å². The monoisotopic (exact) mass is 371 g/mol. The molecule has 136 valence electrons. The van der Waals surface area contributed by atoms with Crippen molar-refractivity contribution in [1.82, 2.24) is 9.29 Å². The molecule has 7 heteroatoms. The van der Waals surface area contributed by atoms with Gasteiger partial charge < -0.3 is 15.0 Å². The lowest BCUT2D eigenvalue weighted by molar-refractivity contribution is 0.415. The Hall–Kier alpha value is -2.51. The summed E-state index contributed by atoms with van der Waals surface area (Å²) in [4.78, 5) is 2.54. The third kappa shape index (κ3) is 2.93. The first-order chi connectivity index (χ1) is 12.6. The lowest BCUT2D eigenvalue weighted by atomic mass is 10.2. The minimum absolute atomic E-state index is 0.282. The Kier molecular flexibility index (Phi) is 4.34. The van der Waals surface area contributed by atoms with Crippen LogP contribution >= 0.6 is 0 Å². The van der Waals surface area contributed by atoms with E-state index in [0.717, 1.165) is 37.3 Å². The number of hydrogen-bond donors (Lipinski definition) is 1. The standard InChI is InChI=1S/C19H21N3O3S/c1-25-17-4-7-19-15(14-17)8-11-22(19)26(23,24)18-5-2-16(3-6-18)21-12-9-20-10-13-21/h2-8,11,14,20H,9-10,12-13H2,1H3. The normalized spacial score (nSPS) is 15.3. The quantitative estimate of drug-likeness (QED) is 0.762. The van der Waals surface area contributed by atoms with Gasteiger partial charge in [-0.1, -0.05) is 0 Å². The minimum atomic E-state index is -3.64. The summed E-state index contributed by atoms with van der Waals surface area (Å²) >= 11 is 0. The van der Waals surface area contributed by atoms with E-state index in [4.69, 9.17) is 4.74 Å². The molecular weight excluding hydrogens is 350 g/mol. The Balaban J connectivity index is 1.68. The molecule has 1 fully saturated rings. The van der Waals surface area contributed by atoms with Gasteiger partial charge in [0.15, 0.2) is 0 Å². The molecule has 0 aliphatic carbocycles. The fourth-order valence-corrected chi connectivity index (χ4v) is 4.65. The number of benzene rings is 2. The van der Waals surface area contributed by atoms with Gasteiger partial charge in [-0.15, -0.1) is 0 Å². The van der Waals surface area contributed by atoms with E-state index in [1.165, 1.54) is 3.97 Å². The molecule has 0 amide bonds. The largest absolute Gasteiger partial charge is 0.497 e. The zero-order valence-corrected chi connectivity index (χ0v) is 15.4. The molecule has 1 saturated heterocycles. The number of methoxy groups -OCH3 is 1. The van der Waals surface area contributed by atoms with Gasteiger partial charge in [0.25, 0.3) is 10.0 Å². The van der Waals surface area contributed by atoms with Crippen molar-refractivity contribution < 1.29 is 13.2 Å². The zero-order chi connectivity index (χ0) is 18.1. The second-order valence-corrected chi connectivity index (χ2v) is 8.09. The van der Waals surface area contributed by atoms with E-state index in [1.54, 1.807) is 43.6 Å². The number of hydrogen-bond acceptors (Lipinski definition) is 5. The number of piperazine rings is 1. The van der Waals surface area contributed by atoms with Crippen molar-refractivity contribution in [3.05, 3.63) is 54.7 Å². The molecule has 0 radical (unpaired) electrons. The summed E-state index contributed by atoms with van der Waals surface area (Å²) in [6.07, 6.45) is 1.59. The number of nitrogens with zero attached hydrogens (tertiary/aromatic N) is 2. The van der Waals surface area contributed by atoms with Gasteiger partial charge in [0.05, 0.1) is 17.5 Å². The molecule has 2 aromatic carbocycles. The van der Waals surface area contributed by atoms with Crippen LogP contribution in [-0.4, -0.2) is 45.7 Å². The van der Waals surface area contributed by atoms with Crippen molar-refractivity contribution in [3.8, 4) is 5.75 Å². The second-order valence-electron chi connectivity index (χ2n) is 6.27. The van der Waals surface area contributed by atoms with E-state index in [-0.39, 0.29) is 4.90 Å². The van der Waals surface area contributed by atoms with Gasteiger partial charge in [-0.2, -0.15) is 0 Å². The van der Waals surface area contributed by atoms with Crippen LogP contribution in [0.2, 0.25) is 0 Å². The number of ether oxygens (including phenoxy) is 1. The van der Waals surface area contributed by atoms with Gasteiger partial charge in [-0.05, 0) is 48.5 Å². The molecular formula is C19H21N3O3S. The first-order valence-corrected chi connectivity index (χ1v) is 10.00. The smallest absolute Gasteiger partial charge is 0.268 e. The maximum atomic E-state index is 13.1. The number of nitrogens with one attached hydrogen (secondary N) is 1. The summed E-state index contributed by atoms with van der Waals surface area (Å²) in [6, 6.07) is 14.3. The Labute approximate surface area is 153 Å². The first kappa shape index (κ1) is 16.9. The van der Waals surface area contributed by atoms with Gasteiger partial charge >= 0.3 is 0 Å². The molecule has 2 heterocycles.